The Morgan fingerprint density at radius 1 is 1.25 bits per heavy atom. The van der Waals surface area contributed by atoms with Crippen molar-refractivity contribution in [2.75, 3.05) is 6.54 Å². The smallest absolute Gasteiger partial charge is 0.246 e. The van der Waals surface area contributed by atoms with Gasteiger partial charge in [0.1, 0.15) is 4.90 Å². The maximum Gasteiger partial charge on any atom is 0.246 e. The molecule has 2 heterocycles. The van der Waals surface area contributed by atoms with E-state index in [1.54, 1.807) is 22.2 Å². The highest BCUT2D eigenvalue weighted by Crippen LogP contribution is 2.40. The van der Waals surface area contributed by atoms with Gasteiger partial charge < -0.3 is 0 Å². The van der Waals surface area contributed by atoms with Gasteiger partial charge in [0.2, 0.25) is 10.0 Å². The van der Waals surface area contributed by atoms with Crippen molar-refractivity contribution in [3.63, 3.8) is 0 Å². The van der Waals surface area contributed by atoms with Gasteiger partial charge in [0, 0.05) is 25.8 Å². The molecule has 0 N–H and O–H groups in total. The van der Waals surface area contributed by atoms with Crippen molar-refractivity contribution in [3.05, 3.63) is 12.4 Å². The van der Waals surface area contributed by atoms with Crippen LogP contribution in [0.5, 0.6) is 0 Å². The van der Waals surface area contributed by atoms with E-state index in [0.717, 1.165) is 19.3 Å². The summed E-state index contributed by atoms with van der Waals surface area (Å²) in [4.78, 5) is 0.332. The van der Waals surface area contributed by atoms with E-state index in [0.29, 0.717) is 23.3 Å². The van der Waals surface area contributed by atoms with Crippen molar-refractivity contribution in [1.29, 1.82) is 0 Å². The van der Waals surface area contributed by atoms with E-state index in [2.05, 4.69) is 12.0 Å². The van der Waals surface area contributed by atoms with Gasteiger partial charge in [0.25, 0.3) is 0 Å². The molecule has 1 saturated heterocycles. The molecule has 1 aromatic heterocycles. The molecule has 5 nitrogen and oxygen atoms in total. The molecule has 3 rings (SSSR count). The molecule has 0 spiro atoms. The molecular weight excluding hydrogens is 274 g/mol. The first kappa shape index (κ1) is 14.1. The second kappa shape index (κ2) is 5.15. The van der Waals surface area contributed by atoms with E-state index in [1.165, 1.54) is 19.0 Å². The van der Waals surface area contributed by atoms with Gasteiger partial charge in [0.05, 0.1) is 6.20 Å². The Kier molecular flexibility index (Phi) is 3.62. The van der Waals surface area contributed by atoms with Crippen LogP contribution >= 0.6 is 0 Å². The van der Waals surface area contributed by atoms with Crippen LogP contribution in [0.2, 0.25) is 0 Å². The van der Waals surface area contributed by atoms with Crippen molar-refractivity contribution in [1.82, 2.24) is 14.1 Å². The molecule has 0 radical (unpaired) electrons. The third-order valence-electron chi connectivity index (χ3n) is 4.97. The number of sulfonamides is 1. The first-order valence-electron chi connectivity index (χ1n) is 7.50. The van der Waals surface area contributed by atoms with E-state index in [1.807, 2.05) is 0 Å². The number of hydrogen-bond donors (Lipinski definition) is 0. The second-order valence-electron chi connectivity index (χ2n) is 6.25. The van der Waals surface area contributed by atoms with Gasteiger partial charge in [-0.2, -0.15) is 9.40 Å². The molecule has 1 saturated carbocycles. The number of rotatable bonds is 2. The Bertz CT molecular complexity index is 581. The van der Waals surface area contributed by atoms with Crippen LogP contribution in [0.3, 0.4) is 0 Å². The zero-order chi connectivity index (χ0) is 14.3. The third-order valence-corrected chi connectivity index (χ3v) is 6.85. The lowest BCUT2D eigenvalue weighted by Gasteiger charge is -2.46. The number of nitrogens with zero attached hydrogens (tertiary/aromatic N) is 3. The highest BCUT2D eigenvalue weighted by Gasteiger charge is 2.43. The lowest BCUT2D eigenvalue weighted by molar-refractivity contribution is 0.0827. The predicted molar refractivity (Wildman–Crippen MR) is 76.6 cm³/mol. The molecule has 0 unspecified atom stereocenters. The molecule has 1 aliphatic carbocycles. The number of fused-ring (bicyclic) bond motifs is 1. The highest BCUT2D eigenvalue weighted by molar-refractivity contribution is 7.89. The van der Waals surface area contributed by atoms with Gasteiger partial charge in [0.15, 0.2) is 0 Å². The summed E-state index contributed by atoms with van der Waals surface area (Å²) in [6.45, 7) is 2.93. The fourth-order valence-corrected chi connectivity index (χ4v) is 5.54. The van der Waals surface area contributed by atoms with E-state index in [-0.39, 0.29) is 6.04 Å². The van der Waals surface area contributed by atoms with Crippen molar-refractivity contribution >= 4 is 10.0 Å². The molecule has 1 aromatic rings. The summed E-state index contributed by atoms with van der Waals surface area (Å²) in [5.74, 6) is 1.17. The van der Waals surface area contributed by atoms with Gasteiger partial charge in [-0.25, -0.2) is 8.42 Å². The summed E-state index contributed by atoms with van der Waals surface area (Å²) in [5, 5.41) is 4.01. The fourth-order valence-electron chi connectivity index (χ4n) is 3.84. The Hall–Kier alpha value is -0.880. The third kappa shape index (κ3) is 2.29. The van der Waals surface area contributed by atoms with Gasteiger partial charge >= 0.3 is 0 Å². The Morgan fingerprint density at radius 3 is 2.70 bits per heavy atom. The van der Waals surface area contributed by atoms with E-state index in [4.69, 9.17) is 0 Å². The number of piperidine rings is 1. The Morgan fingerprint density at radius 2 is 2.00 bits per heavy atom. The molecule has 20 heavy (non-hydrogen) atoms. The summed E-state index contributed by atoms with van der Waals surface area (Å²) >= 11 is 0. The molecule has 6 heteroatoms. The minimum absolute atomic E-state index is 0.192. The van der Waals surface area contributed by atoms with Gasteiger partial charge in [-0.3, -0.25) is 4.68 Å². The van der Waals surface area contributed by atoms with Crippen molar-refractivity contribution in [2.24, 2.45) is 18.9 Å². The number of aromatic nitrogens is 2. The predicted octanol–water partition coefficient (Wildman–Crippen LogP) is 2.01. The monoisotopic (exact) mass is 297 g/mol. The molecule has 0 bridgehead atoms. The SMILES string of the molecule is C[C@@H]1CCN(S(=O)(=O)c2cnn(C)c2)[C@@H]2CCCC[C@@H]12. The summed E-state index contributed by atoms with van der Waals surface area (Å²) in [5.41, 5.74) is 0. The average molecular weight is 297 g/mol. The quantitative estimate of drug-likeness (QED) is 0.839. The van der Waals surface area contributed by atoms with E-state index in [9.17, 15) is 8.42 Å². The zero-order valence-electron chi connectivity index (χ0n) is 12.2. The normalized spacial score (nSPS) is 32.0. The number of hydrogen-bond acceptors (Lipinski definition) is 3. The zero-order valence-corrected chi connectivity index (χ0v) is 13.0. The van der Waals surface area contributed by atoms with Crippen LogP contribution in [0.1, 0.15) is 39.0 Å². The van der Waals surface area contributed by atoms with E-state index < -0.39 is 10.0 Å². The standard InChI is InChI=1S/C14H23N3O2S/c1-11-7-8-17(14-6-4-3-5-13(11)14)20(18,19)12-9-15-16(2)10-12/h9-11,13-14H,3-8H2,1-2H3/t11-,13+,14-/m1/s1. The van der Waals surface area contributed by atoms with Crippen molar-refractivity contribution in [2.45, 2.75) is 50.0 Å². The molecule has 2 aliphatic rings. The van der Waals surface area contributed by atoms with Gasteiger partial charge in [-0.15, -0.1) is 0 Å². The maximum atomic E-state index is 12.8. The lowest BCUT2D eigenvalue weighted by atomic mass is 9.74. The van der Waals surface area contributed by atoms with Crippen molar-refractivity contribution < 1.29 is 8.42 Å². The average Bonchev–Trinajstić information content (AvgIpc) is 2.87. The topological polar surface area (TPSA) is 55.2 Å². The Labute approximate surface area is 121 Å². The van der Waals surface area contributed by atoms with Crippen LogP contribution in [0, 0.1) is 11.8 Å². The molecule has 112 valence electrons. The van der Waals surface area contributed by atoms with Crippen LogP contribution in [0.25, 0.3) is 0 Å². The summed E-state index contributed by atoms with van der Waals surface area (Å²) < 4.78 is 29.0. The van der Waals surface area contributed by atoms with Crippen LogP contribution in [0.15, 0.2) is 17.3 Å². The maximum absolute atomic E-state index is 12.8. The first-order chi connectivity index (χ1) is 9.50. The Balaban J connectivity index is 1.92. The molecule has 0 aromatic carbocycles. The largest absolute Gasteiger partial charge is 0.274 e. The molecule has 0 amide bonds. The summed E-state index contributed by atoms with van der Waals surface area (Å²) in [6.07, 6.45) is 8.61. The van der Waals surface area contributed by atoms with Crippen LogP contribution in [-0.2, 0) is 17.1 Å². The highest BCUT2D eigenvalue weighted by atomic mass is 32.2. The van der Waals surface area contributed by atoms with Crippen LogP contribution in [-0.4, -0.2) is 35.1 Å². The second-order valence-corrected chi connectivity index (χ2v) is 8.14. The number of aryl methyl sites for hydroxylation is 1. The first-order valence-corrected chi connectivity index (χ1v) is 8.94. The van der Waals surface area contributed by atoms with Crippen LogP contribution in [0.4, 0.5) is 0 Å². The van der Waals surface area contributed by atoms with Crippen LogP contribution < -0.4 is 0 Å². The summed E-state index contributed by atoms with van der Waals surface area (Å²) in [6, 6.07) is 0.192. The fraction of sp³-hybridized carbons (Fsp3) is 0.786. The summed E-state index contributed by atoms with van der Waals surface area (Å²) in [7, 11) is -1.63. The minimum Gasteiger partial charge on any atom is -0.274 e. The van der Waals surface area contributed by atoms with E-state index >= 15 is 0 Å². The molecule has 3 atom stereocenters. The molecule has 1 aliphatic heterocycles. The van der Waals surface area contributed by atoms with Gasteiger partial charge in [-0.1, -0.05) is 19.8 Å². The lowest BCUT2D eigenvalue weighted by Crippen LogP contribution is -2.52. The minimum atomic E-state index is -3.39. The van der Waals surface area contributed by atoms with Crippen molar-refractivity contribution in [3.8, 4) is 0 Å². The molecule has 2 fully saturated rings. The molecular formula is C14H23N3O2S. The van der Waals surface area contributed by atoms with Gasteiger partial charge in [-0.05, 0) is 31.1 Å².